The molecule has 0 saturated carbocycles. The maximum atomic E-state index is 5.92. The summed E-state index contributed by atoms with van der Waals surface area (Å²) in [5.41, 5.74) is 11.6. The summed E-state index contributed by atoms with van der Waals surface area (Å²) < 4.78 is 0. The van der Waals surface area contributed by atoms with Gasteiger partial charge in [-0.3, -0.25) is 0 Å². The van der Waals surface area contributed by atoms with Crippen LogP contribution in [-0.4, -0.2) is 16.5 Å². The first kappa shape index (κ1) is 15.0. The van der Waals surface area contributed by atoms with Gasteiger partial charge in [0.05, 0.1) is 0 Å². The van der Waals surface area contributed by atoms with E-state index < -0.39 is 0 Å². The Labute approximate surface area is 125 Å². The summed E-state index contributed by atoms with van der Waals surface area (Å²) in [5.74, 6) is 0. The molecule has 3 nitrogen and oxygen atoms in total. The highest BCUT2D eigenvalue weighted by Gasteiger charge is 2.14. The summed E-state index contributed by atoms with van der Waals surface area (Å²) in [6, 6.07) is 8.50. The van der Waals surface area contributed by atoms with E-state index in [1.807, 2.05) is 13.8 Å². The molecule has 20 heavy (non-hydrogen) atoms. The topological polar surface area (TPSA) is 51.8 Å². The van der Waals surface area contributed by atoms with E-state index >= 15 is 0 Å². The Morgan fingerprint density at radius 1 is 1.00 bits per heavy atom. The van der Waals surface area contributed by atoms with E-state index in [-0.39, 0.29) is 5.25 Å². The molecule has 1 atom stereocenters. The lowest BCUT2D eigenvalue weighted by atomic mass is 10.1. The lowest BCUT2D eigenvalue weighted by Gasteiger charge is -2.15. The van der Waals surface area contributed by atoms with Crippen LogP contribution >= 0.6 is 11.8 Å². The van der Waals surface area contributed by atoms with Crippen LogP contribution in [0.1, 0.15) is 33.3 Å². The Morgan fingerprint density at radius 2 is 1.55 bits per heavy atom. The van der Waals surface area contributed by atoms with Crippen LogP contribution in [0.5, 0.6) is 0 Å². The molecule has 0 fully saturated rings. The van der Waals surface area contributed by atoms with Gasteiger partial charge in [-0.2, -0.15) is 0 Å². The van der Waals surface area contributed by atoms with Crippen molar-refractivity contribution in [1.82, 2.24) is 9.97 Å². The first-order valence-corrected chi connectivity index (χ1v) is 7.64. The zero-order valence-electron chi connectivity index (χ0n) is 12.5. The maximum absolute atomic E-state index is 5.92. The summed E-state index contributed by atoms with van der Waals surface area (Å²) in [6.45, 7) is 8.77. The van der Waals surface area contributed by atoms with Crippen molar-refractivity contribution in [1.29, 1.82) is 0 Å². The molecule has 2 rings (SSSR count). The van der Waals surface area contributed by atoms with Gasteiger partial charge >= 0.3 is 0 Å². The second-order valence-electron chi connectivity index (χ2n) is 5.05. The van der Waals surface area contributed by atoms with Crippen LogP contribution in [0.3, 0.4) is 0 Å². The van der Waals surface area contributed by atoms with Crippen LogP contribution in [0.15, 0.2) is 29.4 Å². The Hall–Kier alpha value is -1.39. The zero-order valence-corrected chi connectivity index (χ0v) is 13.3. The summed E-state index contributed by atoms with van der Waals surface area (Å²) in [6.07, 6.45) is 0. The lowest BCUT2D eigenvalue weighted by Crippen LogP contribution is -2.10. The molecule has 4 heteroatoms. The summed E-state index contributed by atoms with van der Waals surface area (Å²) in [4.78, 5) is 9.12. The van der Waals surface area contributed by atoms with Crippen LogP contribution in [0.2, 0.25) is 0 Å². The highest BCUT2D eigenvalue weighted by atomic mass is 32.2. The summed E-state index contributed by atoms with van der Waals surface area (Å²) in [7, 11) is 0. The number of nitrogens with zero attached hydrogens (tertiary/aromatic N) is 2. The van der Waals surface area contributed by atoms with Crippen molar-refractivity contribution in [3.63, 3.8) is 0 Å². The van der Waals surface area contributed by atoms with Gasteiger partial charge in [0.1, 0.15) is 0 Å². The van der Waals surface area contributed by atoms with Crippen LogP contribution in [-0.2, 0) is 0 Å². The fourth-order valence-electron chi connectivity index (χ4n) is 1.95. The first-order valence-electron chi connectivity index (χ1n) is 6.76. The summed E-state index contributed by atoms with van der Waals surface area (Å²) in [5, 5.41) is 0.999. The van der Waals surface area contributed by atoms with E-state index in [2.05, 4.69) is 48.1 Å². The van der Waals surface area contributed by atoms with Crippen molar-refractivity contribution in [2.45, 2.75) is 38.1 Å². The van der Waals surface area contributed by atoms with E-state index in [1.165, 1.54) is 11.1 Å². The maximum Gasteiger partial charge on any atom is 0.188 e. The van der Waals surface area contributed by atoms with Crippen molar-refractivity contribution in [2.75, 3.05) is 6.54 Å². The van der Waals surface area contributed by atoms with Gasteiger partial charge in [0, 0.05) is 23.2 Å². The average molecular weight is 287 g/mol. The smallest absolute Gasteiger partial charge is 0.188 e. The zero-order chi connectivity index (χ0) is 14.7. The highest BCUT2D eigenvalue weighted by Crippen LogP contribution is 2.33. The molecule has 0 aliphatic rings. The fraction of sp³-hybridized carbons (Fsp3) is 0.375. The fourth-order valence-corrected chi connectivity index (χ4v) is 2.98. The molecular weight excluding hydrogens is 266 g/mol. The number of thioether (sulfide) groups is 1. The minimum absolute atomic E-state index is 0.192. The van der Waals surface area contributed by atoms with Gasteiger partial charge in [-0.05, 0) is 38.8 Å². The van der Waals surface area contributed by atoms with E-state index in [1.54, 1.807) is 11.8 Å². The van der Waals surface area contributed by atoms with Gasteiger partial charge in [-0.1, -0.05) is 41.6 Å². The van der Waals surface area contributed by atoms with Gasteiger partial charge in [-0.25, -0.2) is 9.97 Å². The van der Waals surface area contributed by atoms with Gasteiger partial charge in [0.25, 0.3) is 0 Å². The second-order valence-corrected chi connectivity index (χ2v) is 6.22. The van der Waals surface area contributed by atoms with E-state index in [9.17, 15) is 0 Å². The standard InChI is InChI=1S/C16H21N3S/c1-10-5-7-14(8-6-10)15(9-17)20-16-18-12(3)11(2)13(4)19-16/h5-8,15H,9,17H2,1-4H3. The number of hydrogen-bond acceptors (Lipinski definition) is 4. The van der Waals surface area contributed by atoms with Crippen molar-refractivity contribution >= 4 is 11.8 Å². The van der Waals surface area contributed by atoms with Gasteiger partial charge < -0.3 is 5.73 Å². The molecule has 2 N–H and O–H groups in total. The largest absolute Gasteiger partial charge is 0.329 e. The SMILES string of the molecule is Cc1ccc(C(CN)Sc2nc(C)c(C)c(C)n2)cc1. The number of rotatable bonds is 4. The Kier molecular flexibility index (Phi) is 4.78. The normalized spacial score (nSPS) is 12.4. The van der Waals surface area contributed by atoms with Crippen LogP contribution in [0.4, 0.5) is 0 Å². The highest BCUT2D eigenvalue weighted by molar-refractivity contribution is 7.99. The number of nitrogens with two attached hydrogens (primary N) is 1. The third-order valence-corrected chi connectivity index (χ3v) is 4.67. The molecule has 1 aromatic carbocycles. The van der Waals surface area contributed by atoms with Crippen LogP contribution < -0.4 is 5.73 Å². The molecule has 0 saturated heterocycles. The minimum atomic E-state index is 0.192. The number of benzene rings is 1. The molecule has 0 aliphatic heterocycles. The monoisotopic (exact) mass is 287 g/mol. The van der Waals surface area contributed by atoms with Crippen molar-refractivity contribution in [2.24, 2.45) is 5.73 Å². The Balaban J connectivity index is 2.24. The average Bonchev–Trinajstić information content (AvgIpc) is 2.43. The molecule has 0 radical (unpaired) electrons. The molecule has 106 valence electrons. The molecule has 1 unspecified atom stereocenters. The van der Waals surface area contributed by atoms with Gasteiger partial charge in [0.2, 0.25) is 0 Å². The lowest BCUT2D eigenvalue weighted by molar-refractivity contribution is 0.863. The van der Waals surface area contributed by atoms with E-state index in [0.717, 1.165) is 22.1 Å². The third-order valence-electron chi connectivity index (χ3n) is 3.52. The minimum Gasteiger partial charge on any atom is -0.329 e. The second kappa shape index (κ2) is 6.37. The van der Waals surface area contributed by atoms with Crippen LogP contribution in [0.25, 0.3) is 0 Å². The molecule has 0 bridgehead atoms. The van der Waals surface area contributed by atoms with Gasteiger partial charge in [-0.15, -0.1) is 0 Å². The molecular formula is C16H21N3S. The molecule has 0 aliphatic carbocycles. The van der Waals surface area contributed by atoms with Crippen molar-refractivity contribution in [3.8, 4) is 0 Å². The van der Waals surface area contributed by atoms with E-state index in [4.69, 9.17) is 5.73 Å². The molecule has 1 heterocycles. The third kappa shape index (κ3) is 3.38. The van der Waals surface area contributed by atoms with Crippen LogP contribution in [0, 0.1) is 27.7 Å². The Morgan fingerprint density at radius 3 is 2.05 bits per heavy atom. The number of aryl methyl sites for hydroxylation is 3. The first-order chi connectivity index (χ1) is 9.51. The predicted octanol–water partition coefficient (Wildman–Crippen LogP) is 3.50. The van der Waals surface area contributed by atoms with E-state index in [0.29, 0.717) is 6.54 Å². The number of aromatic nitrogens is 2. The number of hydrogen-bond donors (Lipinski definition) is 1. The summed E-state index contributed by atoms with van der Waals surface area (Å²) >= 11 is 1.64. The quantitative estimate of drug-likeness (QED) is 0.690. The molecule has 1 aromatic heterocycles. The molecule has 0 amide bonds. The molecule has 0 spiro atoms. The van der Waals surface area contributed by atoms with Crippen molar-refractivity contribution in [3.05, 3.63) is 52.3 Å². The Bertz CT molecular complexity index is 570. The van der Waals surface area contributed by atoms with Gasteiger partial charge in [0.15, 0.2) is 5.16 Å². The predicted molar refractivity (Wildman–Crippen MR) is 85.1 cm³/mol. The van der Waals surface area contributed by atoms with Crippen molar-refractivity contribution < 1.29 is 0 Å². The molecule has 2 aromatic rings.